The predicted octanol–water partition coefficient (Wildman–Crippen LogP) is 3.93. The second-order valence-electron chi connectivity index (χ2n) is 6.82. The van der Waals surface area contributed by atoms with E-state index in [9.17, 15) is 13.2 Å². The lowest BCUT2D eigenvalue weighted by Gasteiger charge is -2.26. The number of hydrogen-bond acceptors (Lipinski definition) is 5. The zero-order valence-electron chi connectivity index (χ0n) is 16.8. The fraction of sp³-hybridized carbons (Fsp3) is 0.381. The smallest absolute Gasteiger partial charge is 0.262 e. The van der Waals surface area contributed by atoms with Crippen LogP contribution in [-0.2, 0) is 14.8 Å². The minimum atomic E-state index is -3.58. The van der Waals surface area contributed by atoms with Crippen LogP contribution >= 0.6 is 11.6 Å². The monoisotopic (exact) mass is 452 g/mol. The van der Waals surface area contributed by atoms with Gasteiger partial charge in [0, 0.05) is 13.1 Å². The summed E-state index contributed by atoms with van der Waals surface area (Å²) in [6.45, 7) is 3.09. The quantitative estimate of drug-likeness (QED) is 0.655. The fourth-order valence-electron chi connectivity index (χ4n) is 3.19. The molecule has 0 atom stereocenters. The van der Waals surface area contributed by atoms with E-state index in [1.807, 2.05) is 13.0 Å². The Hall–Kier alpha value is -2.29. The average Bonchev–Trinajstić information content (AvgIpc) is 2.75. The molecule has 9 heteroatoms. The SMILES string of the molecule is CCOc1ccccc1NC(=O)COc1ccc(S(=O)(=O)N2CCCCC2)cc1Cl. The Bertz CT molecular complexity index is 991. The highest BCUT2D eigenvalue weighted by Crippen LogP contribution is 2.30. The molecule has 3 rings (SSSR count). The first kappa shape index (κ1) is 22.4. The van der Waals surface area contributed by atoms with Crippen molar-refractivity contribution < 1.29 is 22.7 Å². The van der Waals surface area contributed by atoms with Gasteiger partial charge in [-0.05, 0) is 50.1 Å². The summed E-state index contributed by atoms with van der Waals surface area (Å²) in [4.78, 5) is 12.4. The van der Waals surface area contributed by atoms with Crippen molar-refractivity contribution in [1.29, 1.82) is 0 Å². The lowest BCUT2D eigenvalue weighted by atomic mass is 10.2. The minimum Gasteiger partial charge on any atom is -0.492 e. The molecule has 162 valence electrons. The van der Waals surface area contributed by atoms with Crippen LogP contribution in [0.5, 0.6) is 11.5 Å². The van der Waals surface area contributed by atoms with E-state index >= 15 is 0 Å². The maximum absolute atomic E-state index is 12.8. The minimum absolute atomic E-state index is 0.122. The number of hydrogen-bond donors (Lipinski definition) is 1. The highest BCUT2D eigenvalue weighted by Gasteiger charge is 2.26. The topological polar surface area (TPSA) is 84.9 Å². The molecule has 1 aliphatic rings. The van der Waals surface area contributed by atoms with E-state index in [0.29, 0.717) is 31.1 Å². The average molecular weight is 453 g/mol. The number of ether oxygens (including phenoxy) is 2. The summed E-state index contributed by atoms with van der Waals surface area (Å²) in [6, 6.07) is 11.4. The van der Waals surface area contributed by atoms with Crippen LogP contribution in [-0.4, -0.2) is 44.9 Å². The van der Waals surface area contributed by atoms with Gasteiger partial charge in [0.05, 0.1) is 22.2 Å². The predicted molar refractivity (Wildman–Crippen MR) is 116 cm³/mol. The van der Waals surface area contributed by atoms with E-state index in [1.54, 1.807) is 18.2 Å². The molecule has 1 saturated heterocycles. The standard InChI is InChI=1S/C21H25ClN2O5S/c1-2-28-20-9-5-4-8-18(20)23-21(25)15-29-19-11-10-16(14-17(19)22)30(26,27)24-12-6-3-7-13-24/h4-5,8-11,14H,2-3,6-7,12-13,15H2,1H3,(H,23,25). The molecule has 0 aromatic heterocycles. The molecule has 0 saturated carbocycles. The zero-order valence-corrected chi connectivity index (χ0v) is 18.3. The Morgan fingerprint density at radius 1 is 1.07 bits per heavy atom. The maximum Gasteiger partial charge on any atom is 0.262 e. The summed E-state index contributed by atoms with van der Waals surface area (Å²) in [7, 11) is -3.58. The molecule has 7 nitrogen and oxygen atoms in total. The van der Waals surface area contributed by atoms with Crippen molar-refractivity contribution in [1.82, 2.24) is 4.31 Å². The van der Waals surface area contributed by atoms with Crippen LogP contribution in [0.2, 0.25) is 5.02 Å². The van der Waals surface area contributed by atoms with Crippen LogP contribution in [0.4, 0.5) is 5.69 Å². The molecule has 2 aromatic rings. The molecule has 30 heavy (non-hydrogen) atoms. The highest BCUT2D eigenvalue weighted by atomic mass is 35.5. The number of carbonyl (C=O) groups is 1. The number of sulfonamides is 1. The van der Waals surface area contributed by atoms with Gasteiger partial charge in [0.15, 0.2) is 6.61 Å². The maximum atomic E-state index is 12.8. The van der Waals surface area contributed by atoms with Gasteiger partial charge in [0.1, 0.15) is 11.5 Å². The lowest BCUT2D eigenvalue weighted by Crippen LogP contribution is -2.35. The van der Waals surface area contributed by atoms with Gasteiger partial charge in [-0.1, -0.05) is 30.2 Å². The van der Waals surface area contributed by atoms with Crippen LogP contribution < -0.4 is 14.8 Å². The van der Waals surface area contributed by atoms with Crippen molar-refractivity contribution in [3.8, 4) is 11.5 Å². The first-order valence-corrected chi connectivity index (χ1v) is 11.7. The molecule has 1 heterocycles. The number of nitrogens with one attached hydrogen (secondary N) is 1. The zero-order chi connectivity index (χ0) is 21.6. The second kappa shape index (κ2) is 10.1. The third kappa shape index (κ3) is 5.44. The molecular weight excluding hydrogens is 428 g/mol. The molecule has 0 bridgehead atoms. The summed E-state index contributed by atoms with van der Waals surface area (Å²) in [5.74, 6) is 0.421. The third-order valence-corrected chi connectivity index (χ3v) is 6.87. The van der Waals surface area contributed by atoms with E-state index in [1.165, 1.54) is 22.5 Å². The van der Waals surface area contributed by atoms with E-state index in [-0.39, 0.29) is 28.2 Å². The van der Waals surface area contributed by atoms with Gasteiger partial charge in [-0.25, -0.2) is 8.42 Å². The molecule has 1 fully saturated rings. The Kier molecular flexibility index (Phi) is 7.58. The highest BCUT2D eigenvalue weighted by molar-refractivity contribution is 7.89. The van der Waals surface area contributed by atoms with Crippen molar-refractivity contribution in [2.45, 2.75) is 31.1 Å². The van der Waals surface area contributed by atoms with Crippen LogP contribution in [0.3, 0.4) is 0 Å². The number of carbonyl (C=O) groups excluding carboxylic acids is 1. The first-order chi connectivity index (χ1) is 14.4. The largest absolute Gasteiger partial charge is 0.492 e. The van der Waals surface area contributed by atoms with Crippen molar-refractivity contribution in [2.75, 3.05) is 31.6 Å². The molecule has 1 amide bonds. The second-order valence-corrected chi connectivity index (χ2v) is 9.17. The molecule has 1 N–H and O–H groups in total. The molecule has 2 aromatic carbocycles. The Morgan fingerprint density at radius 3 is 2.50 bits per heavy atom. The number of anilines is 1. The summed E-state index contributed by atoms with van der Waals surface area (Å²) >= 11 is 6.22. The van der Waals surface area contributed by atoms with Crippen molar-refractivity contribution in [3.63, 3.8) is 0 Å². The molecule has 0 aliphatic carbocycles. The summed E-state index contributed by atoms with van der Waals surface area (Å²) < 4.78 is 38.0. The lowest BCUT2D eigenvalue weighted by molar-refractivity contribution is -0.118. The molecule has 0 radical (unpaired) electrons. The van der Waals surface area contributed by atoms with E-state index in [4.69, 9.17) is 21.1 Å². The number of para-hydroxylation sites is 2. The summed E-state index contributed by atoms with van der Waals surface area (Å²) in [5, 5.41) is 2.86. The number of halogens is 1. The number of amides is 1. The summed E-state index contributed by atoms with van der Waals surface area (Å²) in [5.41, 5.74) is 0.544. The van der Waals surface area contributed by atoms with Crippen molar-refractivity contribution in [2.24, 2.45) is 0 Å². The van der Waals surface area contributed by atoms with E-state index in [0.717, 1.165) is 19.3 Å². The van der Waals surface area contributed by atoms with Gasteiger partial charge in [-0.3, -0.25) is 4.79 Å². The van der Waals surface area contributed by atoms with Gasteiger partial charge in [0.2, 0.25) is 10.0 Å². The van der Waals surface area contributed by atoms with E-state index in [2.05, 4.69) is 5.32 Å². The number of nitrogens with zero attached hydrogens (tertiary/aromatic N) is 1. The Balaban J connectivity index is 1.63. The van der Waals surface area contributed by atoms with Crippen LogP contribution in [0.1, 0.15) is 26.2 Å². The third-order valence-electron chi connectivity index (χ3n) is 4.68. The van der Waals surface area contributed by atoms with Gasteiger partial charge in [-0.2, -0.15) is 4.31 Å². The summed E-state index contributed by atoms with van der Waals surface area (Å²) in [6.07, 6.45) is 2.75. The van der Waals surface area contributed by atoms with E-state index < -0.39 is 10.0 Å². The fourth-order valence-corrected chi connectivity index (χ4v) is 5.04. The van der Waals surface area contributed by atoms with Crippen LogP contribution in [0.15, 0.2) is 47.4 Å². The first-order valence-electron chi connectivity index (χ1n) is 9.86. The van der Waals surface area contributed by atoms with Gasteiger partial charge in [0.25, 0.3) is 5.91 Å². The van der Waals surface area contributed by atoms with Gasteiger partial charge >= 0.3 is 0 Å². The normalized spacial score (nSPS) is 14.9. The molecule has 0 spiro atoms. The molecule has 1 aliphatic heterocycles. The molecule has 0 unspecified atom stereocenters. The van der Waals surface area contributed by atoms with Crippen molar-refractivity contribution in [3.05, 3.63) is 47.5 Å². The number of benzene rings is 2. The van der Waals surface area contributed by atoms with Gasteiger partial charge in [-0.15, -0.1) is 0 Å². The molecular formula is C21H25ClN2O5S. The number of piperidine rings is 1. The van der Waals surface area contributed by atoms with Crippen molar-refractivity contribution >= 4 is 33.2 Å². The van der Waals surface area contributed by atoms with Crippen LogP contribution in [0.25, 0.3) is 0 Å². The van der Waals surface area contributed by atoms with Crippen LogP contribution in [0, 0.1) is 0 Å². The van der Waals surface area contributed by atoms with Gasteiger partial charge < -0.3 is 14.8 Å². The Labute approximate surface area is 182 Å². The number of rotatable bonds is 8. The Morgan fingerprint density at radius 2 is 1.80 bits per heavy atom.